The molecule has 10 heteroatoms. The predicted octanol–water partition coefficient (Wildman–Crippen LogP) is 1.81. The van der Waals surface area contributed by atoms with Crippen LogP contribution in [-0.4, -0.2) is 30.0 Å². The predicted molar refractivity (Wildman–Crippen MR) is 98.0 cm³/mol. The minimum Gasteiger partial charge on any atom is -0.538 e. The van der Waals surface area contributed by atoms with Gasteiger partial charge in [-0.3, -0.25) is 4.79 Å². The molecule has 0 bridgehead atoms. The van der Waals surface area contributed by atoms with E-state index in [9.17, 15) is 14.7 Å². The van der Waals surface area contributed by atoms with Crippen molar-refractivity contribution in [3.05, 3.63) is 16.0 Å². The maximum Gasteiger partial charge on any atom is 0.341 e. The second kappa shape index (κ2) is 8.75. The number of carbonyl (C=O) groups excluding carboxylic acids is 2. The number of nitrogens with zero attached hydrogens (tertiary/aromatic N) is 2. The number of anilines is 1. The van der Waals surface area contributed by atoms with Crippen molar-refractivity contribution in [2.45, 2.75) is 43.6 Å². The first-order valence-electron chi connectivity index (χ1n) is 8.69. The van der Waals surface area contributed by atoms with Crippen molar-refractivity contribution < 1.29 is 28.6 Å². The van der Waals surface area contributed by atoms with Gasteiger partial charge in [0, 0.05) is 4.88 Å². The van der Waals surface area contributed by atoms with Crippen molar-refractivity contribution in [3.63, 3.8) is 0 Å². The third-order valence-electron chi connectivity index (χ3n) is 4.37. The van der Waals surface area contributed by atoms with Crippen LogP contribution in [0.15, 0.2) is 9.55 Å². The molecule has 27 heavy (non-hydrogen) atoms. The lowest BCUT2D eigenvalue weighted by Crippen LogP contribution is -2.32. The summed E-state index contributed by atoms with van der Waals surface area (Å²) >= 11 is 2.49. The smallest absolute Gasteiger partial charge is 0.341 e. The molecule has 0 radical (unpaired) electrons. The molecule has 0 aromatic carbocycles. The van der Waals surface area contributed by atoms with E-state index in [1.54, 1.807) is 7.05 Å². The molecule has 0 atom stereocenters. The zero-order valence-corrected chi connectivity index (χ0v) is 16.8. The maximum absolute atomic E-state index is 12.4. The second-order valence-electron chi connectivity index (χ2n) is 6.24. The number of amides is 1. The number of aromatic nitrogens is 2. The molecule has 2 aromatic heterocycles. The number of hydrogen-bond donors (Lipinski definition) is 1. The highest BCUT2D eigenvalue weighted by atomic mass is 32.2. The van der Waals surface area contributed by atoms with E-state index in [4.69, 9.17) is 4.74 Å². The van der Waals surface area contributed by atoms with Crippen LogP contribution in [0, 0.1) is 0 Å². The normalized spacial score (nSPS) is 14.1. The van der Waals surface area contributed by atoms with Crippen LogP contribution in [0.1, 0.15) is 46.5 Å². The van der Waals surface area contributed by atoms with Gasteiger partial charge < -0.3 is 19.7 Å². The highest BCUT2D eigenvalue weighted by molar-refractivity contribution is 7.99. The van der Waals surface area contributed by atoms with Crippen LogP contribution in [0.3, 0.4) is 0 Å². The first kappa shape index (κ1) is 19.7. The molecule has 0 spiro atoms. The van der Waals surface area contributed by atoms with Gasteiger partial charge in [-0.05, 0) is 43.0 Å². The highest BCUT2D eigenvalue weighted by Crippen LogP contribution is 2.37. The van der Waals surface area contributed by atoms with Crippen LogP contribution in [-0.2, 0) is 29.4 Å². The number of nitrogens with one attached hydrogen (secondary N) is 1. The minimum absolute atomic E-state index is 0.00741. The van der Waals surface area contributed by atoms with Gasteiger partial charge in [0.25, 0.3) is 5.03 Å². The van der Waals surface area contributed by atoms with Gasteiger partial charge in [-0.1, -0.05) is 17.5 Å². The fraction of sp³-hybridized carbons (Fsp3) is 0.529. The van der Waals surface area contributed by atoms with Gasteiger partial charge in [-0.25, -0.2) is 4.79 Å². The van der Waals surface area contributed by atoms with E-state index in [2.05, 4.69) is 15.1 Å². The third kappa shape index (κ3) is 4.44. The molecule has 0 unspecified atom stereocenters. The number of esters is 1. The quantitative estimate of drug-likeness (QED) is 0.454. The van der Waals surface area contributed by atoms with E-state index >= 15 is 0 Å². The Kier molecular flexibility index (Phi) is 6.38. The molecule has 1 amide bonds. The molecule has 1 N–H and O–H groups in total. The average molecular weight is 412 g/mol. The lowest BCUT2D eigenvalue weighted by molar-refractivity contribution is -0.772. The molecule has 1 aliphatic carbocycles. The molecular weight excluding hydrogens is 390 g/mol. The molecule has 3 rings (SSSR count). The van der Waals surface area contributed by atoms with Crippen LogP contribution in [0.5, 0.6) is 5.95 Å². The second-order valence-corrected chi connectivity index (χ2v) is 8.31. The standard InChI is InChI=1S/C17H21N3O5S2/c1-20-15(17(23)25-19-20)26-9-12(21)18-14-13(16(22)24-2)10-7-5-3-4-6-8-11(10)27-14/h3-9H2,1-2H3,(H-,18,19,21,22,23). The van der Waals surface area contributed by atoms with E-state index in [0.29, 0.717) is 10.6 Å². The third-order valence-corrected chi connectivity index (χ3v) is 6.69. The monoisotopic (exact) mass is 411 g/mol. The van der Waals surface area contributed by atoms with E-state index in [-0.39, 0.29) is 16.7 Å². The minimum atomic E-state index is -0.579. The van der Waals surface area contributed by atoms with Crippen molar-refractivity contribution in [2.75, 3.05) is 18.2 Å². The van der Waals surface area contributed by atoms with Crippen LogP contribution in [0.4, 0.5) is 5.00 Å². The molecule has 2 heterocycles. The number of ether oxygens (including phenoxy) is 1. The van der Waals surface area contributed by atoms with Gasteiger partial charge in [0.2, 0.25) is 5.91 Å². The first-order chi connectivity index (χ1) is 13.0. The average Bonchev–Trinajstić information content (AvgIpc) is 3.12. The molecule has 8 nitrogen and oxygen atoms in total. The summed E-state index contributed by atoms with van der Waals surface area (Å²) < 4.78 is 10.8. The van der Waals surface area contributed by atoms with Crippen LogP contribution in [0.2, 0.25) is 0 Å². The Morgan fingerprint density at radius 3 is 2.74 bits per heavy atom. The fourth-order valence-corrected chi connectivity index (χ4v) is 5.09. The van der Waals surface area contributed by atoms with Gasteiger partial charge >= 0.3 is 5.97 Å². The number of rotatable bonds is 5. The molecule has 0 aliphatic heterocycles. The van der Waals surface area contributed by atoms with E-state index in [0.717, 1.165) is 54.3 Å². The highest BCUT2D eigenvalue weighted by Gasteiger charge is 2.26. The Labute approximate surface area is 164 Å². The molecule has 2 aromatic rings. The molecule has 0 saturated heterocycles. The number of fused-ring (bicyclic) bond motifs is 1. The van der Waals surface area contributed by atoms with Gasteiger partial charge in [-0.15, -0.1) is 11.3 Å². The summed E-state index contributed by atoms with van der Waals surface area (Å²) in [6.45, 7) is 0. The number of methoxy groups -OCH3 is 1. The Hall–Kier alpha value is -2.07. The summed E-state index contributed by atoms with van der Waals surface area (Å²) in [6.07, 6.45) is 6.14. The van der Waals surface area contributed by atoms with Crippen molar-refractivity contribution in [3.8, 4) is 5.95 Å². The molecular formula is C17H21N3O5S2. The molecule has 1 aliphatic rings. The van der Waals surface area contributed by atoms with Gasteiger partial charge in [0.05, 0.1) is 23.7 Å². The largest absolute Gasteiger partial charge is 0.538 e. The number of thioether (sulfide) groups is 1. The Balaban J connectivity index is 1.77. The van der Waals surface area contributed by atoms with Gasteiger partial charge in [-0.2, -0.15) is 0 Å². The Morgan fingerprint density at radius 2 is 2.07 bits per heavy atom. The summed E-state index contributed by atoms with van der Waals surface area (Å²) in [5, 5.41) is 18.6. The van der Waals surface area contributed by atoms with Crippen molar-refractivity contribution in [1.29, 1.82) is 0 Å². The fourth-order valence-electron chi connectivity index (χ4n) is 3.08. The SMILES string of the molecule is COC(=O)c1c(NC(=O)CSc2c([O-])on[n+]2C)sc2c1CCCCCC2. The van der Waals surface area contributed by atoms with Crippen LogP contribution < -0.4 is 15.1 Å². The van der Waals surface area contributed by atoms with Crippen LogP contribution in [0.25, 0.3) is 0 Å². The zero-order chi connectivity index (χ0) is 19.4. The van der Waals surface area contributed by atoms with E-state index in [1.807, 2.05) is 0 Å². The molecule has 146 valence electrons. The van der Waals surface area contributed by atoms with E-state index < -0.39 is 11.9 Å². The summed E-state index contributed by atoms with van der Waals surface area (Å²) in [6, 6.07) is 0. The van der Waals surface area contributed by atoms with Gasteiger partial charge in [0.1, 0.15) is 5.00 Å². The molecule has 0 saturated carbocycles. The number of hydrogen-bond acceptors (Lipinski definition) is 8. The van der Waals surface area contributed by atoms with Crippen molar-refractivity contribution >= 4 is 40.0 Å². The summed E-state index contributed by atoms with van der Waals surface area (Å²) in [5.74, 6) is -1.30. The van der Waals surface area contributed by atoms with E-state index in [1.165, 1.54) is 29.5 Å². The summed E-state index contributed by atoms with van der Waals surface area (Å²) in [4.78, 5) is 25.9. The van der Waals surface area contributed by atoms with Gasteiger partial charge in [0.15, 0.2) is 13.0 Å². The first-order valence-corrected chi connectivity index (χ1v) is 10.5. The zero-order valence-electron chi connectivity index (χ0n) is 15.2. The van der Waals surface area contributed by atoms with Crippen LogP contribution >= 0.6 is 23.1 Å². The lowest BCUT2D eigenvalue weighted by atomic mass is 9.96. The number of aryl methyl sites for hydroxylation is 2. The Bertz CT molecular complexity index is 826. The van der Waals surface area contributed by atoms with Crippen molar-refractivity contribution in [2.24, 2.45) is 7.05 Å². The number of thiophene rings is 1. The summed E-state index contributed by atoms with van der Waals surface area (Å²) in [7, 11) is 2.91. The van der Waals surface area contributed by atoms with Crippen molar-refractivity contribution in [1.82, 2.24) is 5.27 Å². The Morgan fingerprint density at radius 1 is 1.33 bits per heavy atom. The number of carbonyl (C=O) groups is 2. The molecule has 0 fully saturated rings. The maximum atomic E-state index is 12.4. The summed E-state index contributed by atoms with van der Waals surface area (Å²) in [5.41, 5.74) is 1.47. The lowest BCUT2D eigenvalue weighted by Gasteiger charge is -2.10. The topological polar surface area (TPSA) is 108 Å².